The number of rotatable bonds is 6. The van der Waals surface area contributed by atoms with Crippen LogP contribution in [0.5, 0.6) is 5.75 Å². The second-order valence-electron chi connectivity index (χ2n) is 6.23. The molecule has 8 nitrogen and oxygen atoms in total. The van der Waals surface area contributed by atoms with Crippen molar-refractivity contribution in [3.05, 3.63) is 105 Å². The second-order valence-corrected chi connectivity index (χ2v) is 6.23. The molecule has 0 heterocycles. The van der Waals surface area contributed by atoms with Gasteiger partial charge in [-0.3, -0.25) is 10.1 Å². The molecule has 3 aromatic carbocycles. The Morgan fingerprint density at radius 1 is 0.968 bits per heavy atom. The minimum Gasteiger partial charge on any atom is -0.486 e. The summed E-state index contributed by atoms with van der Waals surface area (Å²) in [6.07, 6.45) is 0. The lowest BCUT2D eigenvalue weighted by atomic mass is 10.0. The molecule has 0 bridgehead atoms. The first-order chi connectivity index (χ1) is 14.7. The number of nitro groups is 1. The van der Waals surface area contributed by atoms with Crippen molar-refractivity contribution in [2.45, 2.75) is 13.5 Å². The largest absolute Gasteiger partial charge is 0.486 e. The summed E-state index contributed by atoms with van der Waals surface area (Å²) in [7, 11) is 0. The third-order valence-electron chi connectivity index (χ3n) is 4.16. The lowest BCUT2D eigenvalue weighted by Crippen LogP contribution is -2.06. The predicted molar refractivity (Wildman–Crippen MR) is 109 cm³/mol. The van der Waals surface area contributed by atoms with Gasteiger partial charge in [0, 0.05) is 6.07 Å². The molecule has 3 aromatic rings. The van der Waals surface area contributed by atoms with Gasteiger partial charge >= 0.3 is 11.9 Å². The number of aromatic carboxylic acids is 2. The van der Waals surface area contributed by atoms with Crippen LogP contribution in [0.3, 0.4) is 0 Å². The summed E-state index contributed by atoms with van der Waals surface area (Å²) in [6, 6.07) is 16.8. The summed E-state index contributed by atoms with van der Waals surface area (Å²) >= 11 is 0. The minimum atomic E-state index is -1.11. The van der Waals surface area contributed by atoms with Crippen LogP contribution in [-0.2, 0) is 6.61 Å². The van der Waals surface area contributed by atoms with E-state index >= 15 is 0 Å². The number of nitrogens with zero attached hydrogens (tertiary/aromatic N) is 1. The molecule has 31 heavy (non-hydrogen) atoms. The first-order valence-corrected chi connectivity index (χ1v) is 8.87. The molecule has 0 atom stereocenters. The molecule has 160 valence electrons. The zero-order valence-electron chi connectivity index (χ0n) is 16.3. The van der Waals surface area contributed by atoms with Gasteiger partial charge in [0.15, 0.2) is 11.6 Å². The standard InChI is InChI=1S/C13H10FNO3.C9H8O4/c14-12-8-11(15(16)17)6-7-13(12)18-9-10-4-2-1-3-5-10;1-5-6(8(10)11)3-2-4-7(5)9(12)13/h1-8H,9H2;2-4H,1H3,(H,10,11)(H,12,13). The maximum Gasteiger partial charge on any atom is 0.335 e. The fourth-order valence-electron chi connectivity index (χ4n) is 2.55. The Morgan fingerprint density at radius 3 is 2.03 bits per heavy atom. The van der Waals surface area contributed by atoms with Gasteiger partial charge in [-0.25, -0.2) is 14.0 Å². The van der Waals surface area contributed by atoms with Crippen LogP contribution in [0, 0.1) is 22.9 Å². The number of benzene rings is 3. The highest BCUT2D eigenvalue weighted by molar-refractivity contribution is 5.96. The zero-order valence-corrected chi connectivity index (χ0v) is 16.3. The molecule has 0 saturated carbocycles. The van der Waals surface area contributed by atoms with Gasteiger partial charge in [0.1, 0.15) is 6.61 Å². The molecule has 0 saturated heterocycles. The molecule has 0 fully saturated rings. The maximum absolute atomic E-state index is 13.5. The molecule has 0 aliphatic rings. The van der Waals surface area contributed by atoms with Gasteiger partial charge in [-0.1, -0.05) is 36.4 Å². The van der Waals surface area contributed by atoms with Crippen molar-refractivity contribution in [3.63, 3.8) is 0 Å². The van der Waals surface area contributed by atoms with Crippen LogP contribution in [0.2, 0.25) is 0 Å². The Hall–Kier alpha value is -4.27. The first kappa shape index (κ1) is 23.0. The van der Waals surface area contributed by atoms with E-state index in [4.69, 9.17) is 14.9 Å². The van der Waals surface area contributed by atoms with Crippen LogP contribution < -0.4 is 4.74 Å². The van der Waals surface area contributed by atoms with E-state index in [1.54, 1.807) is 0 Å². The highest BCUT2D eigenvalue weighted by Crippen LogP contribution is 2.23. The van der Waals surface area contributed by atoms with Crippen LogP contribution in [0.15, 0.2) is 66.7 Å². The molecule has 0 amide bonds. The van der Waals surface area contributed by atoms with E-state index < -0.39 is 22.7 Å². The Morgan fingerprint density at radius 2 is 1.55 bits per heavy atom. The van der Waals surface area contributed by atoms with Crippen molar-refractivity contribution in [2.75, 3.05) is 0 Å². The van der Waals surface area contributed by atoms with Crippen LogP contribution in [0.4, 0.5) is 10.1 Å². The van der Waals surface area contributed by atoms with Crippen LogP contribution >= 0.6 is 0 Å². The topological polar surface area (TPSA) is 127 Å². The van der Waals surface area contributed by atoms with E-state index in [9.17, 15) is 24.1 Å². The van der Waals surface area contributed by atoms with Crippen molar-refractivity contribution < 1.29 is 33.9 Å². The number of carboxylic acids is 2. The van der Waals surface area contributed by atoms with E-state index in [0.29, 0.717) is 0 Å². The second kappa shape index (κ2) is 10.5. The third-order valence-corrected chi connectivity index (χ3v) is 4.16. The number of carbonyl (C=O) groups is 2. The predicted octanol–water partition coefficient (Wildman–Crippen LogP) is 4.70. The van der Waals surface area contributed by atoms with Crippen molar-refractivity contribution in [2.24, 2.45) is 0 Å². The van der Waals surface area contributed by atoms with E-state index in [1.807, 2.05) is 30.3 Å². The smallest absolute Gasteiger partial charge is 0.335 e. The fraction of sp³-hybridized carbons (Fsp3) is 0.0909. The summed E-state index contributed by atoms with van der Waals surface area (Å²) in [5.41, 5.74) is 0.942. The number of ether oxygens (including phenoxy) is 1. The third kappa shape index (κ3) is 6.36. The van der Waals surface area contributed by atoms with Gasteiger partial charge in [-0.05, 0) is 36.2 Å². The molecule has 0 aromatic heterocycles. The van der Waals surface area contributed by atoms with Crippen molar-refractivity contribution in [3.8, 4) is 5.75 Å². The van der Waals surface area contributed by atoms with Crippen molar-refractivity contribution in [1.29, 1.82) is 0 Å². The Kier molecular flexibility index (Phi) is 7.79. The van der Waals surface area contributed by atoms with Crippen LogP contribution in [-0.4, -0.2) is 27.1 Å². The molecule has 0 unspecified atom stereocenters. The number of hydrogen-bond donors (Lipinski definition) is 2. The van der Waals surface area contributed by atoms with Gasteiger partial charge in [0.25, 0.3) is 5.69 Å². The molecule has 0 aliphatic heterocycles. The monoisotopic (exact) mass is 427 g/mol. The van der Waals surface area contributed by atoms with Crippen LogP contribution in [0.25, 0.3) is 0 Å². The highest BCUT2D eigenvalue weighted by atomic mass is 19.1. The average Bonchev–Trinajstić information content (AvgIpc) is 2.73. The normalized spacial score (nSPS) is 9.87. The molecular weight excluding hydrogens is 409 g/mol. The summed E-state index contributed by atoms with van der Waals surface area (Å²) in [5, 5.41) is 27.8. The lowest BCUT2D eigenvalue weighted by Gasteiger charge is -2.06. The van der Waals surface area contributed by atoms with E-state index in [1.165, 1.54) is 37.3 Å². The van der Waals surface area contributed by atoms with E-state index in [-0.39, 0.29) is 34.7 Å². The SMILES string of the molecule is Cc1c(C(=O)O)cccc1C(=O)O.O=[N+]([O-])c1ccc(OCc2ccccc2)c(F)c1. The molecule has 0 aliphatic carbocycles. The quantitative estimate of drug-likeness (QED) is 0.431. The zero-order chi connectivity index (χ0) is 23.0. The van der Waals surface area contributed by atoms with Crippen LogP contribution in [0.1, 0.15) is 31.8 Å². The van der Waals surface area contributed by atoms with Crippen molar-refractivity contribution >= 4 is 17.6 Å². The number of hydrogen-bond acceptors (Lipinski definition) is 5. The maximum atomic E-state index is 13.5. The Labute approximate surface area is 176 Å². The van der Waals surface area contributed by atoms with Gasteiger partial charge < -0.3 is 14.9 Å². The van der Waals surface area contributed by atoms with Gasteiger partial charge in [0.2, 0.25) is 0 Å². The average molecular weight is 427 g/mol. The van der Waals surface area contributed by atoms with E-state index in [0.717, 1.165) is 11.6 Å². The Bertz CT molecular complexity index is 1070. The number of nitro benzene ring substituents is 1. The van der Waals surface area contributed by atoms with Gasteiger partial charge in [0.05, 0.1) is 22.1 Å². The molecule has 3 rings (SSSR count). The molecule has 0 spiro atoms. The van der Waals surface area contributed by atoms with Crippen molar-refractivity contribution in [1.82, 2.24) is 0 Å². The molecule has 2 N–H and O–H groups in total. The molecule has 0 radical (unpaired) electrons. The number of non-ortho nitro benzene ring substituents is 1. The summed E-state index contributed by atoms with van der Waals surface area (Å²) in [4.78, 5) is 31.0. The summed E-state index contributed by atoms with van der Waals surface area (Å²) in [5.74, 6) is -2.95. The minimum absolute atomic E-state index is 0.00412. The molecular formula is C22H18FNO7. The van der Waals surface area contributed by atoms with E-state index in [2.05, 4.69) is 0 Å². The van der Waals surface area contributed by atoms with Gasteiger partial charge in [-0.2, -0.15) is 0 Å². The summed E-state index contributed by atoms with van der Waals surface area (Å²) < 4.78 is 18.7. The van der Waals surface area contributed by atoms with Gasteiger partial charge in [-0.15, -0.1) is 0 Å². The fourth-order valence-corrected chi connectivity index (χ4v) is 2.55. The Balaban J connectivity index is 0.000000233. The number of halogens is 1. The first-order valence-electron chi connectivity index (χ1n) is 8.87. The summed E-state index contributed by atoms with van der Waals surface area (Å²) in [6.45, 7) is 1.70. The highest BCUT2D eigenvalue weighted by Gasteiger charge is 2.14. The molecule has 9 heteroatoms. The lowest BCUT2D eigenvalue weighted by molar-refractivity contribution is -0.385. The number of carboxylic acid groups (broad SMARTS) is 2.